The van der Waals surface area contributed by atoms with Gasteiger partial charge in [-0.3, -0.25) is 4.79 Å². The van der Waals surface area contributed by atoms with Gasteiger partial charge in [0.05, 0.1) is 18.2 Å². The first-order valence-electron chi connectivity index (χ1n) is 7.24. The van der Waals surface area contributed by atoms with Crippen molar-refractivity contribution in [2.75, 3.05) is 26.0 Å². The molecule has 0 saturated heterocycles. The Morgan fingerprint density at radius 1 is 1.22 bits per heavy atom. The molecular formula is C18H19N3O2. The molecule has 0 heterocycles. The zero-order chi connectivity index (χ0) is 16.7. The highest BCUT2D eigenvalue weighted by molar-refractivity contribution is 5.80. The van der Waals surface area contributed by atoms with E-state index in [1.54, 1.807) is 26.2 Å². The van der Waals surface area contributed by atoms with E-state index in [1.807, 2.05) is 36.4 Å². The number of likely N-dealkylation sites (N-methyl/N-ethyl adjacent to an activating group) is 1. The molecule has 0 fully saturated rings. The number of nitrogens with one attached hydrogen (secondary N) is 1. The number of hydrogen-bond acceptors (Lipinski definition) is 4. The molecule has 1 N–H and O–H groups in total. The zero-order valence-electron chi connectivity index (χ0n) is 13.2. The lowest BCUT2D eigenvalue weighted by Crippen LogP contribution is -2.28. The van der Waals surface area contributed by atoms with E-state index in [1.165, 1.54) is 4.90 Å². The van der Waals surface area contributed by atoms with Gasteiger partial charge in [-0.2, -0.15) is 5.26 Å². The van der Waals surface area contributed by atoms with Crippen molar-refractivity contribution in [3.8, 4) is 11.8 Å². The fraction of sp³-hybridized carbons (Fsp3) is 0.222. The minimum atomic E-state index is 0.00430. The van der Waals surface area contributed by atoms with E-state index in [0.29, 0.717) is 17.9 Å². The van der Waals surface area contributed by atoms with E-state index in [-0.39, 0.29) is 12.5 Å². The predicted octanol–water partition coefficient (Wildman–Crippen LogP) is 2.64. The third kappa shape index (κ3) is 5.04. The van der Waals surface area contributed by atoms with Gasteiger partial charge in [0.2, 0.25) is 5.91 Å². The summed E-state index contributed by atoms with van der Waals surface area (Å²) in [7, 11) is 3.44. The van der Waals surface area contributed by atoms with Gasteiger partial charge >= 0.3 is 0 Å². The number of carbonyl (C=O) groups is 1. The van der Waals surface area contributed by atoms with E-state index in [0.717, 1.165) is 11.3 Å². The molecule has 0 radical (unpaired) electrons. The van der Waals surface area contributed by atoms with Gasteiger partial charge in [0, 0.05) is 25.8 Å². The highest BCUT2D eigenvalue weighted by Crippen LogP contribution is 2.18. The van der Waals surface area contributed by atoms with Crippen LogP contribution in [0.4, 0.5) is 5.69 Å². The Morgan fingerprint density at radius 3 is 2.74 bits per heavy atom. The molecule has 0 atom stereocenters. The van der Waals surface area contributed by atoms with Gasteiger partial charge in [0.15, 0.2) is 0 Å². The molecule has 2 rings (SSSR count). The van der Waals surface area contributed by atoms with Crippen molar-refractivity contribution in [3.63, 3.8) is 0 Å². The number of carbonyl (C=O) groups excluding carboxylic acids is 1. The molecule has 2 aromatic rings. The number of amides is 1. The van der Waals surface area contributed by atoms with Crippen LogP contribution in [-0.2, 0) is 11.4 Å². The molecule has 0 aliphatic heterocycles. The van der Waals surface area contributed by atoms with Crippen molar-refractivity contribution in [1.82, 2.24) is 4.90 Å². The fourth-order valence-corrected chi connectivity index (χ4v) is 1.93. The van der Waals surface area contributed by atoms with Gasteiger partial charge in [0.1, 0.15) is 12.4 Å². The van der Waals surface area contributed by atoms with E-state index in [2.05, 4.69) is 11.4 Å². The standard InChI is InChI=1S/C18H19N3O2/c1-21(2)18(22)12-20-16-7-4-8-17(10-16)23-13-15-6-3-5-14(9-15)11-19/h3-10,20H,12-13H2,1-2H3. The van der Waals surface area contributed by atoms with Crippen molar-refractivity contribution in [3.05, 3.63) is 59.7 Å². The molecule has 0 unspecified atom stereocenters. The van der Waals surface area contributed by atoms with Crippen LogP contribution < -0.4 is 10.1 Å². The first kappa shape index (κ1) is 16.4. The molecule has 0 bridgehead atoms. The Morgan fingerprint density at radius 2 is 2.00 bits per heavy atom. The summed E-state index contributed by atoms with van der Waals surface area (Å²) in [6.07, 6.45) is 0. The Kier molecular flexibility index (Phi) is 5.59. The van der Waals surface area contributed by atoms with E-state index < -0.39 is 0 Å². The van der Waals surface area contributed by atoms with Crippen LogP contribution in [0.2, 0.25) is 0 Å². The molecule has 0 spiro atoms. The van der Waals surface area contributed by atoms with Crippen molar-refractivity contribution in [2.45, 2.75) is 6.61 Å². The quantitative estimate of drug-likeness (QED) is 0.891. The SMILES string of the molecule is CN(C)C(=O)CNc1cccc(OCc2cccc(C#N)c2)c1. The van der Waals surface area contributed by atoms with Gasteiger partial charge < -0.3 is 15.0 Å². The largest absolute Gasteiger partial charge is 0.489 e. The minimum Gasteiger partial charge on any atom is -0.489 e. The lowest BCUT2D eigenvalue weighted by atomic mass is 10.1. The first-order valence-corrected chi connectivity index (χ1v) is 7.24. The lowest BCUT2D eigenvalue weighted by Gasteiger charge is -2.13. The fourth-order valence-electron chi connectivity index (χ4n) is 1.93. The molecule has 0 aromatic heterocycles. The summed E-state index contributed by atoms with van der Waals surface area (Å²) >= 11 is 0. The second kappa shape index (κ2) is 7.85. The van der Waals surface area contributed by atoms with Crippen molar-refractivity contribution in [2.24, 2.45) is 0 Å². The van der Waals surface area contributed by atoms with Gasteiger partial charge in [0.25, 0.3) is 0 Å². The molecule has 0 aliphatic carbocycles. The molecule has 0 saturated carbocycles. The van der Waals surface area contributed by atoms with Gasteiger partial charge in [-0.1, -0.05) is 18.2 Å². The number of ether oxygens (including phenoxy) is 1. The van der Waals surface area contributed by atoms with E-state index >= 15 is 0 Å². The molecule has 1 amide bonds. The van der Waals surface area contributed by atoms with Gasteiger partial charge in [-0.15, -0.1) is 0 Å². The van der Waals surface area contributed by atoms with Crippen LogP contribution in [0, 0.1) is 11.3 Å². The van der Waals surface area contributed by atoms with Crippen molar-refractivity contribution in [1.29, 1.82) is 5.26 Å². The number of nitriles is 1. The summed E-state index contributed by atoms with van der Waals surface area (Å²) in [5, 5.41) is 12.0. The molecule has 0 aliphatic rings. The number of anilines is 1. The number of benzene rings is 2. The third-order valence-corrected chi connectivity index (χ3v) is 3.24. The normalized spacial score (nSPS) is 9.78. The minimum absolute atomic E-state index is 0.00430. The van der Waals surface area contributed by atoms with E-state index in [4.69, 9.17) is 10.00 Å². The molecule has 118 valence electrons. The average molecular weight is 309 g/mol. The number of nitrogens with zero attached hydrogens (tertiary/aromatic N) is 2. The Labute approximate surface area is 136 Å². The highest BCUT2D eigenvalue weighted by atomic mass is 16.5. The summed E-state index contributed by atoms with van der Waals surface area (Å²) in [5.74, 6) is 0.708. The summed E-state index contributed by atoms with van der Waals surface area (Å²) in [4.78, 5) is 13.1. The second-order valence-corrected chi connectivity index (χ2v) is 5.27. The van der Waals surface area contributed by atoms with Crippen molar-refractivity contribution < 1.29 is 9.53 Å². The summed E-state index contributed by atoms with van der Waals surface area (Å²) < 4.78 is 5.74. The van der Waals surface area contributed by atoms with Crippen LogP contribution in [0.25, 0.3) is 0 Å². The maximum atomic E-state index is 11.6. The van der Waals surface area contributed by atoms with Crippen LogP contribution in [0.3, 0.4) is 0 Å². The van der Waals surface area contributed by atoms with Crippen LogP contribution in [-0.4, -0.2) is 31.4 Å². The number of rotatable bonds is 6. The lowest BCUT2D eigenvalue weighted by molar-refractivity contribution is -0.126. The maximum Gasteiger partial charge on any atom is 0.241 e. The molecule has 2 aromatic carbocycles. The van der Waals surface area contributed by atoms with Gasteiger partial charge in [-0.05, 0) is 29.8 Å². The first-order chi connectivity index (χ1) is 11.1. The van der Waals surface area contributed by atoms with Crippen LogP contribution in [0.5, 0.6) is 5.75 Å². The van der Waals surface area contributed by atoms with Crippen LogP contribution in [0.1, 0.15) is 11.1 Å². The van der Waals surface area contributed by atoms with Crippen LogP contribution >= 0.6 is 0 Å². The molecule has 23 heavy (non-hydrogen) atoms. The zero-order valence-corrected chi connectivity index (χ0v) is 13.2. The Hall–Kier alpha value is -3.00. The monoisotopic (exact) mass is 309 g/mol. The highest BCUT2D eigenvalue weighted by Gasteiger charge is 2.04. The molecular weight excluding hydrogens is 290 g/mol. The third-order valence-electron chi connectivity index (χ3n) is 3.24. The van der Waals surface area contributed by atoms with Gasteiger partial charge in [-0.25, -0.2) is 0 Å². The number of hydrogen-bond donors (Lipinski definition) is 1. The smallest absolute Gasteiger partial charge is 0.241 e. The topological polar surface area (TPSA) is 65.4 Å². The predicted molar refractivity (Wildman–Crippen MR) is 89.1 cm³/mol. The van der Waals surface area contributed by atoms with Crippen LogP contribution in [0.15, 0.2) is 48.5 Å². The average Bonchev–Trinajstić information content (AvgIpc) is 2.58. The summed E-state index contributed by atoms with van der Waals surface area (Å²) in [6, 6.07) is 16.9. The maximum absolute atomic E-state index is 11.6. The Bertz CT molecular complexity index is 720. The molecule has 5 nitrogen and oxygen atoms in total. The Balaban J connectivity index is 1.94. The summed E-state index contributed by atoms with van der Waals surface area (Å²) in [5.41, 5.74) is 2.37. The van der Waals surface area contributed by atoms with E-state index in [9.17, 15) is 4.79 Å². The second-order valence-electron chi connectivity index (χ2n) is 5.27. The van der Waals surface area contributed by atoms with Crippen molar-refractivity contribution >= 4 is 11.6 Å². The summed E-state index contributed by atoms with van der Waals surface area (Å²) in [6.45, 7) is 0.621. The molecule has 5 heteroatoms.